The van der Waals surface area contributed by atoms with Crippen molar-refractivity contribution in [3.63, 3.8) is 0 Å². The molecule has 1 aromatic carbocycles. The van der Waals surface area contributed by atoms with Gasteiger partial charge in [-0.1, -0.05) is 0 Å². The number of carboxylic acid groups (broad SMARTS) is 1. The second kappa shape index (κ2) is 6.36. The quantitative estimate of drug-likeness (QED) is 0.315. The van der Waals surface area contributed by atoms with Crippen LogP contribution in [0.15, 0.2) is 24.3 Å². The first-order valence-electron chi connectivity index (χ1n) is 4.79. The molecule has 0 amide bonds. The number of rotatable bonds is 4. The maximum absolute atomic E-state index is 10.5. The molecule has 1 heterocycles. The molecule has 0 atom stereocenters. The normalized spacial score (nSPS) is 9.68. The summed E-state index contributed by atoms with van der Waals surface area (Å²) in [4.78, 5) is 21.1. The Labute approximate surface area is 128 Å². The Bertz CT molecular complexity index is 597. The van der Waals surface area contributed by atoms with E-state index >= 15 is 0 Å². The smallest absolute Gasteiger partial charge is 0.548 e. The van der Waals surface area contributed by atoms with Crippen LogP contribution in [0.2, 0.25) is 0 Å². The van der Waals surface area contributed by atoms with Crippen LogP contribution in [-0.2, 0) is 11.3 Å². The van der Waals surface area contributed by atoms with Crippen molar-refractivity contribution in [3.05, 3.63) is 34.4 Å². The number of carbonyl (C=O) groups is 1. The number of non-ortho nitro benzene ring substituents is 1. The minimum absolute atomic E-state index is 0. The zero-order valence-electron chi connectivity index (χ0n) is 9.89. The summed E-state index contributed by atoms with van der Waals surface area (Å²) in [5, 5.41) is 31.7. The van der Waals surface area contributed by atoms with Crippen molar-refractivity contribution in [2.75, 3.05) is 0 Å². The molecule has 0 unspecified atom stereocenters. The van der Waals surface area contributed by atoms with E-state index in [0.717, 1.165) is 4.80 Å². The number of nitrogens with zero attached hydrogens (tertiary/aromatic N) is 5. The Morgan fingerprint density at radius 1 is 1.32 bits per heavy atom. The number of aromatic nitrogens is 4. The van der Waals surface area contributed by atoms with Gasteiger partial charge in [-0.25, -0.2) is 0 Å². The van der Waals surface area contributed by atoms with Crippen LogP contribution in [0.4, 0.5) is 5.69 Å². The number of aliphatic carboxylic acids is 1. The summed E-state index contributed by atoms with van der Waals surface area (Å²) in [6, 6.07) is 5.51. The van der Waals surface area contributed by atoms with Gasteiger partial charge < -0.3 is 9.90 Å². The van der Waals surface area contributed by atoms with Gasteiger partial charge in [-0.05, 0) is 17.3 Å². The first-order valence-corrected chi connectivity index (χ1v) is 4.79. The molecule has 10 heteroatoms. The Hall–Kier alpha value is -1.84. The second-order valence-corrected chi connectivity index (χ2v) is 3.32. The van der Waals surface area contributed by atoms with Crippen LogP contribution in [0.1, 0.15) is 0 Å². The third-order valence-corrected chi connectivity index (χ3v) is 2.06. The predicted molar refractivity (Wildman–Crippen MR) is 54.9 cm³/mol. The molecule has 2 rings (SSSR count). The fourth-order valence-electron chi connectivity index (χ4n) is 1.27. The third kappa shape index (κ3) is 3.81. The summed E-state index contributed by atoms with van der Waals surface area (Å²) in [6.45, 7) is -0.500. The van der Waals surface area contributed by atoms with Crippen LogP contribution in [0, 0.1) is 10.1 Å². The van der Waals surface area contributed by atoms with Gasteiger partial charge in [0.05, 0.1) is 10.9 Å². The molecule has 0 fully saturated rings. The summed E-state index contributed by atoms with van der Waals surface area (Å²) < 4.78 is 0. The largest absolute Gasteiger partial charge is 1.00 e. The first kappa shape index (κ1) is 15.2. The average molecular weight is 271 g/mol. The van der Waals surface area contributed by atoms with Gasteiger partial charge in [-0.3, -0.25) is 10.1 Å². The van der Waals surface area contributed by atoms with Crippen molar-refractivity contribution in [1.82, 2.24) is 20.2 Å². The van der Waals surface area contributed by atoms with Gasteiger partial charge in [0, 0.05) is 17.7 Å². The second-order valence-electron chi connectivity index (χ2n) is 3.32. The molecule has 0 bridgehead atoms. The monoisotopic (exact) mass is 271 g/mol. The number of tetrazole rings is 1. The molecule has 0 saturated heterocycles. The van der Waals surface area contributed by atoms with Gasteiger partial charge >= 0.3 is 29.6 Å². The van der Waals surface area contributed by atoms with Gasteiger partial charge in [0.2, 0.25) is 5.82 Å². The zero-order chi connectivity index (χ0) is 13.1. The van der Waals surface area contributed by atoms with E-state index in [4.69, 9.17) is 0 Å². The molecular formula is C9H6N5NaO4. The van der Waals surface area contributed by atoms with E-state index in [1.807, 2.05) is 0 Å². The van der Waals surface area contributed by atoms with E-state index in [-0.39, 0.29) is 41.1 Å². The van der Waals surface area contributed by atoms with Crippen LogP contribution in [-0.4, -0.2) is 31.1 Å². The van der Waals surface area contributed by atoms with Gasteiger partial charge in [0.15, 0.2) is 0 Å². The Morgan fingerprint density at radius 2 is 1.95 bits per heavy atom. The molecule has 0 aliphatic heterocycles. The number of carbonyl (C=O) groups excluding carboxylic acids is 1. The first-order chi connectivity index (χ1) is 8.56. The maximum Gasteiger partial charge on any atom is 1.00 e. The SMILES string of the molecule is O=C([O-])Cn1nnc(-c2ccc([N+](=O)[O-])cc2)n1.[Na+]. The standard InChI is InChI=1S/C9H7N5O4.Na/c15-8(16)5-13-11-9(10-12-13)6-1-3-7(4-2-6)14(17)18;/h1-4H,5H2,(H,15,16);/q;+1/p-1. The number of nitro benzene ring substituents is 1. The van der Waals surface area contributed by atoms with Crippen molar-refractivity contribution in [1.29, 1.82) is 0 Å². The fraction of sp³-hybridized carbons (Fsp3) is 0.111. The molecule has 2 aromatic rings. The fourth-order valence-corrected chi connectivity index (χ4v) is 1.27. The summed E-state index contributed by atoms with van der Waals surface area (Å²) in [6.07, 6.45) is 0. The molecule has 0 N–H and O–H groups in total. The molecule has 0 spiro atoms. The molecule has 9 nitrogen and oxygen atoms in total. The number of hydrogen-bond donors (Lipinski definition) is 0. The van der Waals surface area contributed by atoms with Crippen LogP contribution in [0.25, 0.3) is 11.4 Å². The van der Waals surface area contributed by atoms with Gasteiger partial charge in [0.25, 0.3) is 5.69 Å². The molecule has 0 aliphatic rings. The Morgan fingerprint density at radius 3 is 2.47 bits per heavy atom. The summed E-state index contributed by atoms with van der Waals surface area (Å²) in [5.74, 6) is -1.14. The van der Waals surface area contributed by atoms with Crippen LogP contribution < -0.4 is 34.7 Å². The molecule has 92 valence electrons. The third-order valence-electron chi connectivity index (χ3n) is 2.06. The molecule has 0 saturated carbocycles. The van der Waals surface area contributed by atoms with E-state index in [0.29, 0.717) is 5.56 Å². The summed E-state index contributed by atoms with van der Waals surface area (Å²) in [7, 11) is 0. The molecule has 1 aromatic heterocycles. The minimum atomic E-state index is -1.33. The average Bonchev–Trinajstić information content (AvgIpc) is 2.76. The number of hydrogen-bond acceptors (Lipinski definition) is 7. The maximum atomic E-state index is 10.5. The number of carboxylic acids is 1. The van der Waals surface area contributed by atoms with Crippen molar-refractivity contribution in [3.8, 4) is 11.4 Å². The molecule has 19 heavy (non-hydrogen) atoms. The van der Waals surface area contributed by atoms with Gasteiger partial charge in [0.1, 0.15) is 6.54 Å². The summed E-state index contributed by atoms with van der Waals surface area (Å²) in [5.41, 5.74) is 0.450. The van der Waals surface area contributed by atoms with Crippen molar-refractivity contribution >= 4 is 11.7 Å². The van der Waals surface area contributed by atoms with Crippen molar-refractivity contribution in [2.45, 2.75) is 6.54 Å². The van der Waals surface area contributed by atoms with Crippen molar-refractivity contribution in [2.24, 2.45) is 0 Å². The molecule has 0 aliphatic carbocycles. The van der Waals surface area contributed by atoms with Crippen LogP contribution in [0.5, 0.6) is 0 Å². The number of benzene rings is 1. The van der Waals surface area contributed by atoms with Crippen molar-refractivity contribution < 1.29 is 44.4 Å². The van der Waals surface area contributed by atoms with Gasteiger partial charge in [-0.15, -0.1) is 10.2 Å². The zero-order valence-corrected chi connectivity index (χ0v) is 11.9. The van der Waals surface area contributed by atoms with E-state index in [1.165, 1.54) is 24.3 Å². The molecule has 0 radical (unpaired) electrons. The Balaban J connectivity index is 0.00000180. The Kier molecular flexibility index (Phi) is 5.10. The minimum Gasteiger partial charge on any atom is -0.548 e. The van der Waals surface area contributed by atoms with E-state index < -0.39 is 17.4 Å². The van der Waals surface area contributed by atoms with Crippen LogP contribution >= 0.6 is 0 Å². The van der Waals surface area contributed by atoms with E-state index in [9.17, 15) is 20.0 Å². The van der Waals surface area contributed by atoms with Crippen LogP contribution in [0.3, 0.4) is 0 Å². The molecular weight excluding hydrogens is 265 g/mol. The topological polar surface area (TPSA) is 127 Å². The number of nitro groups is 1. The van der Waals surface area contributed by atoms with E-state index in [1.54, 1.807) is 0 Å². The van der Waals surface area contributed by atoms with E-state index in [2.05, 4.69) is 15.4 Å². The van der Waals surface area contributed by atoms with Gasteiger partial charge in [-0.2, -0.15) is 4.80 Å². The summed E-state index contributed by atoms with van der Waals surface area (Å²) >= 11 is 0. The predicted octanol–water partition coefficient (Wildman–Crippen LogP) is -4.00.